The highest BCUT2D eigenvalue weighted by molar-refractivity contribution is 5.76. The van der Waals surface area contributed by atoms with Gasteiger partial charge in [0, 0.05) is 11.3 Å². The summed E-state index contributed by atoms with van der Waals surface area (Å²) in [6.07, 6.45) is 8.44. The van der Waals surface area contributed by atoms with E-state index in [1.165, 1.54) is 5.57 Å². The molecule has 0 amide bonds. The molecule has 0 spiro atoms. The van der Waals surface area contributed by atoms with Crippen LogP contribution in [0.2, 0.25) is 0 Å². The second-order valence-corrected chi connectivity index (χ2v) is 15.1. The second kappa shape index (κ2) is 7.57. The highest BCUT2D eigenvalue weighted by atomic mass is 16.4. The fourth-order valence-electron chi connectivity index (χ4n) is 10.8. The predicted octanol–water partition coefficient (Wildman–Crippen LogP) is 5.18. The summed E-state index contributed by atoms with van der Waals surface area (Å²) in [7, 11) is 0. The minimum Gasteiger partial charge on any atom is -0.481 e. The molecule has 198 valence electrons. The van der Waals surface area contributed by atoms with Crippen molar-refractivity contribution in [3.05, 3.63) is 11.6 Å². The van der Waals surface area contributed by atoms with E-state index in [2.05, 4.69) is 40.7 Å². The van der Waals surface area contributed by atoms with Gasteiger partial charge in [0.15, 0.2) is 0 Å². The molecule has 4 fully saturated rings. The lowest BCUT2D eigenvalue weighted by Crippen LogP contribution is -2.69. The molecule has 0 aromatic rings. The fourth-order valence-corrected chi connectivity index (χ4v) is 10.8. The molecule has 5 aliphatic rings. The van der Waals surface area contributed by atoms with Crippen molar-refractivity contribution in [2.24, 2.45) is 50.2 Å². The van der Waals surface area contributed by atoms with E-state index in [9.17, 15) is 25.2 Å². The van der Waals surface area contributed by atoms with E-state index in [0.29, 0.717) is 25.2 Å². The topological polar surface area (TPSA) is 98.0 Å². The number of aliphatic hydroxyl groups is 3. The molecule has 5 unspecified atom stereocenters. The normalized spacial score (nSPS) is 55.0. The Kier molecular flexibility index (Phi) is 5.56. The van der Waals surface area contributed by atoms with Gasteiger partial charge in [-0.3, -0.25) is 4.79 Å². The third-order valence-corrected chi connectivity index (χ3v) is 13.1. The lowest BCUT2D eigenvalue weighted by molar-refractivity contribution is -0.252. The van der Waals surface area contributed by atoms with Gasteiger partial charge in [-0.25, -0.2) is 0 Å². The van der Waals surface area contributed by atoms with Crippen LogP contribution >= 0.6 is 0 Å². The molecule has 5 rings (SSSR count). The molecular formula is C30H48O5. The lowest BCUT2D eigenvalue weighted by atomic mass is 9.33. The standard InChI is InChI=1S/C30H48O5/c1-25(2)11-13-30(24(34)35)14-12-28(5)18(19(30)15-25)7-8-21-26(3)10-9-22(33)27(4,17-31)23(26)20(32)16-29(21,28)6/h7,19-23,31-33H,8-17H2,1-6H3,(H,34,35)/t19?,20?,21?,22?,23?,26-,27-,28-,29-,30+/m1/s1. The summed E-state index contributed by atoms with van der Waals surface area (Å²) >= 11 is 0. The van der Waals surface area contributed by atoms with Crippen LogP contribution < -0.4 is 0 Å². The van der Waals surface area contributed by atoms with Gasteiger partial charge in [-0.15, -0.1) is 0 Å². The molecule has 4 N–H and O–H groups in total. The van der Waals surface area contributed by atoms with Gasteiger partial charge < -0.3 is 20.4 Å². The number of fused-ring (bicyclic) bond motifs is 7. The van der Waals surface area contributed by atoms with E-state index in [1.54, 1.807) is 0 Å². The molecule has 0 bridgehead atoms. The zero-order valence-electron chi connectivity index (χ0n) is 22.7. The number of rotatable bonds is 2. The highest BCUT2D eigenvalue weighted by Crippen LogP contribution is 2.75. The summed E-state index contributed by atoms with van der Waals surface area (Å²) < 4.78 is 0. The van der Waals surface area contributed by atoms with Gasteiger partial charge in [-0.05, 0) is 91.3 Å². The third-order valence-electron chi connectivity index (χ3n) is 13.1. The highest BCUT2D eigenvalue weighted by Gasteiger charge is 2.71. The summed E-state index contributed by atoms with van der Waals surface area (Å²) in [4.78, 5) is 12.8. The van der Waals surface area contributed by atoms with Gasteiger partial charge >= 0.3 is 5.97 Å². The average Bonchev–Trinajstić information content (AvgIpc) is 2.76. The first kappa shape index (κ1) is 25.7. The molecule has 10 atom stereocenters. The molecule has 0 aromatic carbocycles. The van der Waals surface area contributed by atoms with Crippen LogP contribution in [0.4, 0.5) is 0 Å². The minimum absolute atomic E-state index is 0.0545. The van der Waals surface area contributed by atoms with Gasteiger partial charge in [-0.2, -0.15) is 0 Å². The van der Waals surface area contributed by atoms with Crippen molar-refractivity contribution in [3.63, 3.8) is 0 Å². The summed E-state index contributed by atoms with van der Waals surface area (Å²) in [5.74, 6) is -0.400. The van der Waals surface area contributed by atoms with Gasteiger partial charge in [0.05, 0.1) is 24.2 Å². The third kappa shape index (κ3) is 3.07. The first-order valence-corrected chi connectivity index (χ1v) is 14.0. The molecule has 0 heterocycles. The van der Waals surface area contributed by atoms with Crippen molar-refractivity contribution >= 4 is 5.97 Å². The van der Waals surface area contributed by atoms with Crippen LogP contribution in [0.1, 0.15) is 99.3 Å². The van der Waals surface area contributed by atoms with Crippen molar-refractivity contribution in [1.82, 2.24) is 0 Å². The molecule has 35 heavy (non-hydrogen) atoms. The number of hydrogen-bond donors (Lipinski definition) is 4. The number of carbonyl (C=O) groups is 1. The lowest BCUT2D eigenvalue weighted by Gasteiger charge is -2.72. The molecule has 4 saturated carbocycles. The SMILES string of the molecule is CC1(C)CC[C@]2(C(=O)O)CC[C@]3(C)C(=CCC4[C@@]5(C)CCC(O)[C@@](C)(CO)C5C(O)C[C@]43C)C2C1. The van der Waals surface area contributed by atoms with Crippen LogP contribution in [-0.4, -0.2) is 45.2 Å². The Labute approximate surface area is 211 Å². The number of carboxylic acid groups (broad SMARTS) is 1. The first-order chi connectivity index (χ1) is 16.1. The number of carboxylic acids is 1. The van der Waals surface area contributed by atoms with Crippen LogP contribution in [-0.2, 0) is 4.79 Å². The van der Waals surface area contributed by atoms with Crippen molar-refractivity contribution in [1.29, 1.82) is 0 Å². The van der Waals surface area contributed by atoms with Crippen molar-refractivity contribution < 1.29 is 25.2 Å². The second-order valence-electron chi connectivity index (χ2n) is 15.1. The van der Waals surface area contributed by atoms with Crippen molar-refractivity contribution in [3.8, 4) is 0 Å². The number of allylic oxidation sites excluding steroid dienone is 2. The summed E-state index contributed by atoms with van der Waals surface area (Å²) in [5, 5.41) is 43.6. The molecule has 0 aromatic heterocycles. The van der Waals surface area contributed by atoms with E-state index in [4.69, 9.17) is 0 Å². The van der Waals surface area contributed by atoms with Crippen LogP contribution in [0.25, 0.3) is 0 Å². The van der Waals surface area contributed by atoms with Gasteiger partial charge in [0.2, 0.25) is 0 Å². The Bertz CT molecular complexity index is 941. The van der Waals surface area contributed by atoms with Crippen LogP contribution in [0.3, 0.4) is 0 Å². The summed E-state index contributed by atoms with van der Waals surface area (Å²) in [6.45, 7) is 13.5. The van der Waals surface area contributed by atoms with Gasteiger partial charge in [0.1, 0.15) is 0 Å². The number of hydrogen-bond acceptors (Lipinski definition) is 4. The van der Waals surface area contributed by atoms with Gasteiger partial charge in [-0.1, -0.05) is 53.2 Å². The largest absolute Gasteiger partial charge is 0.481 e. The van der Waals surface area contributed by atoms with E-state index in [1.807, 2.05) is 6.92 Å². The van der Waals surface area contributed by atoms with E-state index >= 15 is 0 Å². The predicted molar refractivity (Wildman–Crippen MR) is 135 cm³/mol. The Morgan fingerprint density at radius 1 is 0.971 bits per heavy atom. The van der Waals surface area contributed by atoms with Crippen molar-refractivity contribution in [2.75, 3.05) is 6.61 Å². The zero-order valence-corrected chi connectivity index (χ0v) is 22.7. The summed E-state index contributed by atoms with van der Waals surface area (Å²) in [5.41, 5.74) is -0.397. The summed E-state index contributed by atoms with van der Waals surface area (Å²) in [6, 6.07) is 0. The minimum atomic E-state index is -0.711. The smallest absolute Gasteiger partial charge is 0.310 e. The van der Waals surface area contributed by atoms with Crippen LogP contribution in [0.15, 0.2) is 11.6 Å². The number of aliphatic hydroxyl groups excluding tert-OH is 3. The molecule has 0 radical (unpaired) electrons. The monoisotopic (exact) mass is 488 g/mol. The Morgan fingerprint density at radius 3 is 2.26 bits per heavy atom. The average molecular weight is 489 g/mol. The van der Waals surface area contributed by atoms with Crippen LogP contribution in [0.5, 0.6) is 0 Å². The maximum atomic E-state index is 12.8. The molecule has 5 aliphatic carbocycles. The van der Waals surface area contributed by atoms with Crippen molar-refractivity contribution in [2.45, 2.75) is 112 Å². The fraction of sp³-hybridized carbons (Fsp3) is 0.900. The Hall–Kier alpha value is -0.910. The van der Waals surface area contributed by atoms with E-state index < -0.39 is 29.0 Å². The molecule has 5 nitrogen and oxygen atoms in total. The maximum absolute atomic E-state index is 12.8. The zero-order chi connectivity index (χ0) is 25.8. The maximum Gasteiger partial charge on any atom is 0.310 e. The molecule has 0 aliphatic heterocycles. The first-order valence-electron chi connectivity index (χ1n) is 14.0. The van der Waals surface area contributed by atoms with E-state index in [0.717, 1.165) is 38.5 Å². The van der Waals surface area contributed by atoms with Crippen LogP contribution in [0, 0.1) is 50.2 Å². The molecule has 0 saturated heterocycles. The van der Waals surface area contributed by atoms with Gasteiger partial charge in [0.25, 0.3) is 0 Å². The number of aliphatic carboxylic acids is 1. The Morgan fingerprint density at radius 2 is 1.63 bits per heavy atom. The van der Waals surface area contributed by atoms with E-state index in [-0.39, 0.29) is 40.1 Å². The molecule has 5 heteroatoms. The molecular weight excluding hydrogens is 440 g/mol. The Balaban J connectivity index is 1.63. The quantitative estimate of drug-likeness (QED) is 0.402.